The molecule has 1 aromatic heterocycles. The third kappa shape index (κ3) is 2.71. The lowest BCUT2D eigenvalue weighted by Crippen LogP contribution is -2.07. The van der Waals surface area contributed by atoms with Gasteiger partial charge in [0.05, 0.1) is 24.9 Å². The molecule has 0 amide bonds. The van der Waals surface area contributed by atoms with Gasteiger partial charge >= 0.3 is 5.97 Å². The fraction of sp³-hybridized carbons (Fsp3) is 0.273. The highest BCUT2D eigenvalue weighted by atomic mass is 16.5. The first-order valence-corrected chi connectivity index (χ1v) is 4.42. The van der Waals surface area contributed by atoms with Crippen LogP contribution in [0.5, 0.6) is 0 Å². The van der Waals surface area contributed by atoms with Gasteiger partial charge in [-0.05, 0) is 19.1 Å². The predicted molar refractivity (Wildman–Crippen MR) is 57.6 cm³/mol. The normalized spacial score (nSPS) is 9.13. The quantitative estimate of drug-likeness (QED) is 0.594. The zero-order valence-corrected chi connectivity index (χ0v) is 8.70. The van der Waals surface area contributed by atoms with Crippen LogP contribution in [-0.4, -0.2) is 24.6 Å². The number of nitrogens with zero attached hydrogens (tertiary/aromatic N) is 1. The molecule has 0 fully saturated rings. The molecule has 0 unspecified atom stereocenters. The molecule has 0 aliphatic heterocycles. The number of ether oxygens (including phenoxy) is 1. The van der Waals surface area contributed by atoms with Gasteiger partial charge in [-0.1, -0.05) is 5.92 Å². The number of methoxy groups -OCH3 is 1. The molecule has 1 N–H and O–H groups in total. The van der Waals surface area contributed by atoms with Crippen LogP contribution in [0.3, 0.4) is 0 Å². The standard InChI is InChI=1S/C11H12N2O2/c1-4-7-12-10-6-5-9(8(2)13-10)11(14)15-3/h1,5-6H,7H2,2-3H3,(H,12,13). The molecule has 0 atom stereocenters. The molecule has 0 bridgehead atoms. The topological polar surface area (TPSA) is 51.2 Å². The maximum atomic E-state index is 11.2. The monoisotopic (exact) mass is 204 g/mol. The van der Waals surface area contributed by atoms with E-state index in [2.05, 4.69) is 21.0 Å². The summed E-state index contributed by atoms with van der Waals surface area (Å²) in [6.07, 6.45) is 5.10. The van der Waals surface area contributed by atoms with E-state index in [4.69, 9.17) is 6.42 Å². The minimum Gasteiger partial charge on any atom is -0.465 e. The van der Waals surface area contributed by atoms with Crippen molar-refractivity contribution in [3.8, 4) is 12.3 Å². The summed E-state index contributed by atoms with van der Waals surface area (Å²) in [6.45, 7) is 2.15. The number of carbonyl (C=O) groups is 1. The highest BCUT2D eigenvalue weighted by Gasteiger charge is 2.09. The second kappa shape index (κ2) is 5.01. The van der Waals surface area contributed by atoms with E-state index < -0.39 is 0 Å². The number of aryl methyl sites for hydroxylation is 1. The molecule has 0 aliphatic rings. The first-order valence-electron chi connectivity index (χ1n) is 4.42. The van der Waals surface area contributed by atoms with Crippen molar-refractivity contribution in [2.45, 2.75) is 6.92 Å². The molecule has 78 valence electrons. The fourth-order valence-electron chi connectivity index (χ4n) is 1.13. The van der Waals surface area contributed by atoms with Crippen LogP contribution in [0.1, 0.15) is 16.1 Å². The van der Waals surface area contributed by atoms with Crippen LogP contribution in [-0.2, 0) is 4.74 Å². The second-order valence-electron chi connectivity index (χ2n) is 2.88. The van der Waals surface area contributed by atoms with Crippen molar-refractivity contribution in [1.82, 2.24) is 4.98 Å². The van der Waals surface area contributed by atoms with Crippen molar-refractivity contribution in [3.63, 3.8) is 0 Å². The predicted octanol–water partition coefficient (Wildman–Crippen LogP) is 1.22. The Morgan fingerprint density at radius 1 is 1.67 bits per heavy atom. The van der Waals surface area contributed by atoms with E-state index in [1.54, 1.807) is 19.1 Å². The van der Waals surface area contributed by atoms with Crippen molar-refractivity contribution < 1.29 is 9.53 Å². The average Bonchev–Trinajstić information content (AvgIpc) is 2.25. The van der Waals surface area contributed by atoms with Crippen LogP contribution in [0.4, 0.5) is 5.82 Å². The van der Waals surface area contributed by atoms with E-state index in [1.165, 1.54) is 7.11 Å². The van der Waals surface area contributed by atoms with Gasteiger partial charge in [0.2, 0.25) is 0 Å². The molecular weight excluding hydrogens is 192 g/mol. The number of aromatic nitrogens is 1. The number of hydrogen-bond donors (Lipinski definition) is 1. The van der Waals surface area contributed by atoms with Crippen LogP contribution in [0.25, 0.3) is 0 Å². The van der Waals surface area contributed by atoms with Gasteiger partial charge < -0.3 is 10.1 Å². The van der Waals surface area contributed by atoms with Crippen LogP contribution in [0.2, 0.25) is 0 Å². The second-order valence-corrected chi connectivity index (χ2v) is 2.88. The summed E-state index contributed by atoms with van der Waals surface area (Å²) in [7, 11) is 1.34. The van der Waals surface area contributed by atoms with Gasteiger partial charge in [-0.2, -0.15) is 0 Å². The van der Waals surface area contributed by atoms with Crippen LogP contribution in [0, 0.1) is 19.3 Å². The van der Waals surface area contributed by atoms with Gasteiger partial charge in [-0.15, -0.1) is 6.42 Å². The van der Waals surface area contributed by atoms with Gasteiger partial charge in [0.1, 0.15) is 5.82 Å². The fourth-order valence-corrected chi connectivity index (χ4v) is 1.13. The Bertz CT molecular complexity index is 408. The van der Waals surface area contributed by atoms with Crippen LogP contribution < -0.4 is 5.32 Å². The van der Waals surface area contributed by atoms with E-state index in [-0.39, 0.29) is 5.97 Å². The Balaban J connectivity index is 2.89. The molecule has 15 heavy (non-hydrogen) atoms. The molecule has 0 saturated carbocycles. The molecule has 4 nitrogen and oxygen atoms in total. The van der Waals surface area contributed by atoms with E-state index in [9.17, 15) is 4.79 Å². The van der Waals surface area contributed by atoms with Gasteiger partial charge in [0.15, 0.2) is 0 Å². The molecule has 1 rings (SSSR count). The zero-order valence-electron chi connectivity index (χ0n) is 8.70. The van der Waals surface area contributed by atoms with E-state index in [0.29, 0.717) is 23.6 Å². The van der Waals surface area contributed by atoms with Crippen molar-refractivity contribution in [2.75, 3.05) is 19.0 Å². The number of hydrogen-bond acceptors (Lipinski definition) is 4. The zero-order chi connectivity index (χ0) is 11.3. The molecule has 0 aliphatic carbocycles. The summed E-state index contributed by atoms with van der Waals surface area (Å²) < 4.78 is 4.61. The van der Waals surface area contributed by atoms with E-state index in [1.807, 2.05) is 0 Å². The van der Waals surface area contributed by atoms with Gasteiger partial charge in [0, 0.05) is 0 Å². The smallest absolute Gasteiger partial charge is 0.339 e. The van der Waals surface area contributed by atoms with Gasteiger partial charge in [0.25, 0.3) is 0 Å². The number of rotatable bonds is 3. The first-order chi connectivity index (χ1) is 7.19. The van der Waals surface area contributed by atoms with Crippen LogP contribution in [0.15, 0.2) is 12.1 Å². The highest BCUT2D eigenvalue weighted by molar-refractivity contribution is 5.90. The van der Waals surface area contributed by atoms with Gasteiger partial charge in [-0.3, -0.25) is 0 Å². The largest absolute Gasteiger partial charge is 0.465 e. The number of esters is 1. The SMILES string of the molecule is C#CCNc1ccc(C(=O)OC)c(C)n1. The summed E-state index contributed by atoms with van der Waals surface area (Å²) in [4.78, 5) is 15.4. The summed E-state index contributed by atoms with van der Waals surface area (Å²) >= 11 is 0. The van der Waals surface area contributed by atoms with Crippen molar-refractivity contribution in [3.05, 3.63) is 23.4 Å². The van der Waals surface area contributed by atoms with Crippen LogP contribution >= 0.6 is 0 Å². The molecular formula is C11H12N2O2. The molecule has 0 spiro atoms. The lowest BCUT2D eigenvalue weighted by atomic mass is 10.2. The lowest BCUT2D eigenvalue weighted by Gasteiger charge is -2.06. The number of nitrogens with one attached hydrogen (secondary N) is 1. The van der Waals surface area contributed by atoms with Crippen molar-refractivity contribution in [2.24, 2.45) is 0 Å². The molecule has 1 heterocycles. The third-order valence-corrected chi connectivity index (χ3v) is 1.86. The summed E-state index contributed by atoms with van der Waals surface area (Å²) in [5.41, 5.74) is 1.08. The Kier molecular flexibility index (Phi) is 3.69. The Morgan fingerprint density at radius 2 is 2.40 bits per heavy atom. The molecule has 4 heteroatoms. The molecule has 0 radical (unpaired) electrons. The molecule has 1 aromatic rings. The summed E-state index contributed by atoms with van der Waals surface area (Å²) in [5.74, 6) is 2.71. The Labute approximate surface area is 88.7 Å². The highest BCUT2D eigenvalue weighted by Crippen LogP contribution is 2.11. The molecule has 0 saturated heterocycles. The lowest BCUT2D eigenvalue weighted by molar-refractivity contribution is 0.0599. The number of anilines is 1. The van der Waals surface area contributed by atoms with Crippen molar-refractivity contribution >= 4 is 11.8 Å². The average molecular weight is 204 g/mol. The Hall–Kier alpha value is -2.02. The maximum Gasteiger partial charge on any atom is 0.339 e. The van der Waals surface area contributed by atoms with E-state index >= 15 is 0 Å². The molecule has 0 aromatic carbocycles. The number of carbonyl (C=O) groups excluding carboxylic acids is 1. The van der Waals surface area contributed by atoms with Gasteiger partial charge in [-0.25, -0.2) is 9.78 Å². The van der Waals surface area contributed by atoms with E-state index in [0.717, 1.165) is 0 Å². The number of terminal acetylenes is 1. The minimum absolute atomic E-state index is 0.386. The summed E-state index contributed by atoms with van der Waals surface area (Å²) in [5, 5.41) is 2.92. The van der Waals surface area contributed by atoms with Crippen molar-refractivity contribution in [1.29, 1.82) is 0 Å². The summed E-state index contributed by atoms with van der Waals surface area (Å²) in [6, 6.07) is 3.35. The minimum atomic E-state index is -0.386. The maximum absolute atomic E-state index is 11.2. The number of pyridine rings is 1. The Morgan fingerprint density at radius 3 is 2.93 bits per heavy atom. The third-order valence-electron chi connectivity index (χ3n) is 1.86. The first kappa shape index (κ1) is 11.1.